The summed E-state index contributed by atoms with van der Waals surface area (Å²) in [5.41, 5.74) is 3.48. The number of anilines is 1. The molecule has 6 heteroatoms. The molecule has 2 aromatic heterocycles. The van der Waals surface area contributed by atoms with E-state index in [1.165, 1.54) is 0 Å². The fourth-order valence-electron chi connectivity index (χ4n) is 2.20. The van der Waals surface area contributed by atoms with Gasteiger partial charge in [0, 0.05) is 42.8 Å². The van der Waals surface area contributed by atoms with Crippen LogP contribution in [0.2, 0.25) is 0 Å². The number of nitrogens with one attached hydrogen (secondary N) is 3. The first-order chi connectivity index (χ1) is 11.3. The second-order valence-electron chi connectivity index (χ2n) is 4.99. The van der Waals surface area contributed by atoms with Gasteiger partial charge in [0.25, 0.3) is 5.91 Å². The maximum Gasteiger partial charge on any atom is 0.251 e. The van der Waals surface area contributed by atoms with Gasteiger partial charge in [-0.2, -0.15) is 5.10 Å². The van der Waals surface area contributed by atoms with E-state index in [9.17, 15) is 4.79 Å². The Morgan fingerprint density at radius 1 is 1.09 bits per heavy atom. The summed E-state index contributed by atoms with van der Waals surface area (Å²) in [6.45, 7) is 1.17. The minimum atomic E-state index is -0.0941. The lowest BCUT2D eigenvalue weighted by molar-refractivity contribution is 0.0955. The lowest BCUT2D eigenvalue weighted by atomic mass is 10.1. The third-order valence-corrected chi connectivity index (χ3v) is 3.36. The SMILES string of the molecule is O=C(NCCNc1cccnc1)c1cccc(-c2cn[nH]c2)c1. The van der Waals surface area contributed by atoms with E-state index in [0.29, 0.717) is 18.7 Å². The molecule has 0 spiro atoms. The van der Waals surface area contributed by atoms with Gasteiger partial charge in [0.15, 0.2) is 0 Å². The number of benzene rings is 1. The second-order valence-corrected chi connectivity index (χ2v) is 4.99. The molecular formula is C17H17N5O. The predicted octanol–water partition coefficient (Wildman–Crippen LogP) is 2.31. The number of nitrogens with zero attached hydrogens (tertiary/aromatic N) is 2. The van der Waals surface area contributed by atoms with Gasteiger partial charge in [0.1, 0.15) is 0 Å². The van der Waals surface area contributed by atoms with Crippen LogP contribution in [0.15, 0.2) is 61.2 Å². The Hall–Kier alpha value is -3.15. The molecule has 116 valence electrons. The quantitative estimate of drug-likeness (QED) is 0.610. The van der Waals surface area contributed by atoms with Crippen LogP contribution >= 0.6 is 0 Å². The van der Waals surface area contributed by atoms with Crippen molar-refractivity contribution in [2.24, 2.45) is 0 Å². The number of carbonyl (C=O) groups excluding carboxylic acids is 1. The van der Waals surface area contributed by atoms with Gasteiger partial charge in [0.2, 0.25) is 0 Å². The van der Waals surface area contributed by atoms with Crippen molar-refractivity contribution in [1.29, 1.82) is 0 Å². The molecule has 0 saturated carbocycles. The second kappa shape index (κ2) is 7.22. The van der Waals surface area contributed by atoms with Crippen molar-refractivity contribution in [2.75, 3.05) is 18.4 Å². The molecule has 0 radical (unpaired) electrons. The van der Waals surface area contributed by atoms with E-state index in [-0.39, 0.29) is 5.91 Å². The summed E-state index contributed by atoms with van der Waals surface area (Å²) in [7, 11) is 0. The van der Waals surface area contributed by atoms with E-state index in [1.807, 2.05) is 30.3 Å². The molecule has 1 amide bonds. The summed E-state index contributed by atoms with van der Waals surface area (Å²) in [4.78, 5) is 16.2. The smallest absolute Gasteiger partial charge is 0.251 e. The molecule has 0 unspecified atom stereocenters. The summed E-state index contributed by atoms with van der Waals surface area (Å²) in [5, 5.41) is 12.8. The lowest BCUT2D eigenvalue weighted by Gasteiger charge is -2.08. The Balaban J connectivity index is 1.53. The van der Waals surface area contributed by atoms with Crippen LogP contribution in [-0.4, -0.2) is 34.2 Å². The van der Waals surface area contributed by atoms with Crippen LogP contribution in [0.4, 0.5) is 5.69 Å². The van der Waals surface area contributed by atoms with Gasteiger partial charge >= 0.3 is 0 Å². The first-order valence-electron chi connectivity index (χ1n) is 7.34. The zero-order chi connectivity index (χ0) is 15.9. The first-order valence-corrected chi connectivity index (χ1v) is 7.34. The molecule has 0 aliphatic heterocycles. The number of aromatic amines is 1. The van der Waals surface area contributed by atoms with E-state index in [2.05, 4.69) is 25.8 Å². The normalized spacial score (nSPS) is 10.3. The van der Waals surface area contributed by atoms with Crippen molar-refractivity contribution < 1.29 is 4.79 Å². The zero-order valence-corrected chi connectivity index (χ0v) is 12.5. The maximum atomic E-state index is 12.2. The standard InChI is InChI=1S/C17H17N5O/c23-17(20-8-7-19-16-5-2-6-18-12-16)14-4-1-3-13(9-14)15-10-21-22-11-15/h1-6,9-12,19H,7-8H2,(H,20,23)(H,21,22). The summed E-state index contributed by atoms with van der Waals surface area (Å²) >= 11 is 0. The molecule has 0 aliphatic rings. The molecule has 1 aromatic carbocycles. The molecule has 0 bridgehead atoms. The van der Waals surface area contributed by atoms with Crippen LogP contribution in [0.1, 0.15) is 10.4 Å². The van der Waals surface area contributed by atoms with Crippen molar-refractivity contribution in [3.63, 3.8) is 0 Å². The highest BCUT2D eigenvalue weighted by Crippen LogP contribution is 2.18. The van der Waals surface area contributed by atoms with Gasteiger partial charge in [-0.1, -0.05) is 12.1 Å². The Morgan fingerprint density at radius 2 is 2.04 bits per heavy atom. The Kier molecular flexibility index (Phi) is 4.63. The van der Waals surface area contributed by atoms with Crippen molar-refractivity contribution in [2.45, 2.75) is 0 Å². The van der Waals surface area contributed by atoms with Crippen LogP contribution in [0, 0.1) is 0 Å². The summed E-state index contributed by atoms with van der Waals surface area (Å²) in [6.07, 6.45) is 7.00. The number of rotatable bonds is 6. The van der Waals surface area contributed by atoms with Gasteiger partial charge in [0.05, 0.1) is 11.9 Å². The highest BCUT2D eigenvalue weighted by molar-refractivity contribution is 5.95. The van der Waals surface area contributed by atoms with Crippen LogP contribution in [-0.2, 0) is 0 Å². The Labute approximate surface area is 134 Å². The predicted molar refractivity (Wildman–Crippen MR) is 89.1 cm³/mol. The number of pyridine rings is 1. The van der Waals surface area contributed by atoms with E-state index in [4.69, 9.17) is 0 Å². The third-order valence-electron chi connectivity index (χ3n) is 3.36. The van der Waals surface area contributed by atoms with Crippen LogP contribution < -0.4 is 10.6 Å². The number of H-pyrrole nitrogens is 1. The van der Waals surface area contributed by atoms with E-state index in [0.717, 1.165) is 16.8 Å². The molecule has 0 saturated heterocycles. The first kappa shape index (κ1) is 14.8. The molecular weight excluding hydrogens is 290 g/mol. The Bertz CT molecular complexity index is 756. The van der Waals surface area contributed by atoms with Crippen LogP contribution in [0.3, 0.4) is 0 Å². The van der Waals surface area contributed by atoms with E-state index < -0.39 is 0 Å². The van der Waals surface area contributed by atoms with Crippen molar-refractivity contribution in [1.82, 2.24) is 20.5 Å². The summed E-state index contributed by atoms with van der Waals surface area (Å²) < 4.78 is 0. The van der Waals surface area contributed by atoms with Gasteiger partial charge in [-0.3, -0.25) is 14.9 Å². The summed E-state index contributed by atoms with van der Waals surface area (Å²) in [6, 6.07) is 11.3. The fourth-order valence-corrected chi connectivity index (χ4v) is 2.20. The molecule has 3 aromatic rings. The van der Waals surface area contributed by atoms with Gasteiger partial charge in [-0.25, -0.2) is 0 Å². The van der Waals surface area contributed by atoms with E-state index in [1.54, 1.807) is 30.9 Å². The monoisotopic (exact) mass is 307 g/mol. The molecule has 0 atom stereocenters. The maximum absolute atomic E-state index is 12.2. The largest absolute Gasteiger partial charge is 0.382 e. The highest BCUT2D eigenvalue weighted by Gasteiger charge is 2.07. The molecule has 23 heavy (non-hydrogen) atoms. The molecule has 0 aliphatic carbocycles. The van der Waals surface area contributed by atoms with Crippen LogP contribution in [0.5, 0.6) is 0 Å². The number of hydrogen-bond donors (Lipinski definition) is 3. The number of amides is 1. The van der Waals surface area contributed by atoms with Gasteiger partial charge in [-0.15, -0.1) is 0 Å². The minimum absolute atomic E-state index is 0.0941. The fraction of sp³-hybridized carbons (Fsp3) is 0.118. The topological polar surface area (TPSA) is 82.7 Å². The van der Waals surface area contributed by atoms with Crippen molar-refractivity contribution in [3.05, 3.63) is 66.7 Å². The molecule has 3 N–H and O–H groups in total. The Morgan fingerprint density at radius 3 is 2.83 bits per heavy atom. The van der Waals surface area contributed by atoms with Crippen molar-refractivity contribution >= 4 is 11.6 Å². The average molecular weight is 307 g/mol. The van der Waals surface area contributed by atoms with Crippen LogP contribution in [0.25, 0.3) is 11.1 Å². The molecule has 2 heterocycles. The molecule has 0 fully saturated rings. The van der Waals surface area contributed by atoms with Crippen molar-refractivity contribution in [3.8, 4) is 11.1 Å². The number of carbonyl (C=O) groups is 1. The molecule has 3 rings (SSSR count). The summed E-state index contributed by atoms with van der Waals surface area (Å²) in [5.74, 6) is -0.0941. The highest BCUT2D eigenvalue weighted by atomic mass is 16.1. The number of hydrogen-bond acceptors (Lipinski definition) is 4. The third kappa shape index (κ3) is 3.94. The van der Waals surface area contributed by atoms with Gasteiger partial charge < -0.3 is 10.6 Å². The average Bonchev–Trinajstić information content (AvgIpc) is 3.14. The minimum Gasteiger partial charge on any atom is -0.382 e. The number of aromatic nitrogens is 3. The van der Waals surface area contributed by atoms with E-state index >= 15 is 0 Å². The zero-order valence-electron chi connectivity index (χ0n) is 12.5. The molecule has 6 nitrogen and oxygen atoms in total. The van der Waals surface area contributed by atoms with Gasteiger partial charge in [-0.05, 0) is 29.8 Å². The lowest BCUT2D eigenvalue weighted by Crippen LogP contribution is -2.28.